The van der Waals surface area contributed by atoms with E-state index in [2.05, 4.69) is 0 Å². The smallest absolute Gasteiger partial charge is 0.322 e. The summed E-state index contributed by atoms with van der Waals surface area (Å²) in [7, 11) is 0. The first-order chi connectivity index (χ1) is 11.3. The third-order valence-electron chi connectivity index (χ3n) is 3.61. The van der Waals surface area contributed by atoms with Gasteiger partial charge in [0, 0.05) is 17.7 Å². The second-order valence-corrected chi connectivity index (χ2v) is 4.89. The van der Waals surface area contributed by atoms with Crippen LogP contribution >= 0.6 is 0 Å². The number of hydrogen-bond donors (Lipinski definition) is 2. The maximum atomic E-state index is 12.6. The van der Waals surface area contributed by atoms with Crippen LogP contribution in [0.5, 0.6) is 11.5 Å². The summed E-state index contributed by atoms with van der Waals surface area (Å²) in [6.45, 7) is 0. The van der Waals surface area contributed by atoms with E-state index in [-0.39, 0.29) is 5.56 Å². The highest BCUT2D eigenvalue weighted by Gasteiger charge is 2.43. The number of nitrogens with zero attached hydrogens (tertiary/aromatic N) is 2. The Morgan fingerprint density at radius 1 is 0.833 bits per heavy atom. The summed E-state index contributed by atoms with van der Waals surface area (Å²) in [4.78, 5) is 45.4. The van der Waals surface area contributed by atoms with Gasteiger partial charge < -0.3 is 10.2 Å². The number of ketones is 2. The SMILES string of the molecule is O=C1c2cccc([N+](=O)[O-])c2C(=O)c2c1c(O)cc(O)c2[N+](=O)[O-]. The number of carbonyl (C=O) groups excluding carboxylic acids is 2. The van der Waals surface area contributed by atoms with Crippen molar-refractivity contribution in [3.63, 3.8) is 0 Å². The maximum Gasteiger partial charge on any atom is 0.322 e. The molecule has 2 aromatic carbocycles. The first-order valence-electron chi connectivity index (χ1n) is 6.35. The Morgan fingerprint density at radius 2 is 1.50 bits per heavy atom. The van der Waals surface area contributed by atoms with Crippen LogP contribution < -0.4 is 0 Å². The molecule has 0 saturated carbocycles. The molecular weight excluding hydrogens is 324 g/mol. The van der Waals surface area contributed by atoms with Crippen molar-refractivity contribution in [3.05, 3.63) is 66.7 Å². The molecule has 0 unspecified atom stereocenters. The lowest BCUT2D eigenvalue weighted by Crippen LogP contribution is -2.23. The molecule has 2 N–H and O–H groups in total. The summed E-state index contributed by atoms with van der Waals surface area (Å²) in [5.74, 6) is -4.03. The first kappa shape index (κ1) is 15.1. The van der Waals surface area contributed by atoms with Crippen LogP contribution in [0.4, 0.5) is 11.4 Å². The number of fused-ring (bicyclic) bond motifs is 2. The average Bonchev–Trinajstić information content (AvgIpc) is 2.50. The van der Waals surface area contributed by atoms with Crippen LogP contribution in [0.1, 0.15) is 31.8 Å². The van der Waals surface area contributed by atoms with Gasteiger partial charge in [-0.1, -0.05) is 6.07 Å². The number of nitro benzene ring substituents is 2. The fourth-order valence-corrected chi connectivity index (χ4v) is 2.66. The van der Waals surface area contributed by atoms with Crippen LogP contribution in [-0.4, -0.2) is 31.6 Å². The lowest BCUT2D eigenvalue weighted by Gasteiger charge is -2.18. The molecule has 1 aliphatic carbocycles. The fourth-order valence-electron chi connectivity index (χ4n) is 2.66. The Balaban J connectivity index is 2.47. The molecule has 1 aliphatic rings. The van der Waals surface area contributed by atoms with Crippen molar-refractivity contribution in [3.8, 4) is 11.5 Å². The van der Waals surface area contributed by atoms with Gasteiger partial charge in [0.1, 0.15) is 16.9 Å². The minimum atomic E-state index is -1.19. The van der Waals surface area contributed by atoms with Crippen molar-refractivity contribution in [2.75, 3.05) is 0 Å². The van der Waals surface area contributed by atoms with Gasteiger partial charge in [0.15, 0.2) is 11.5 Å². The van der Waals surface area contributed by atoms with Crippen molar-refractivity contribution in [1.82, 2.24) is 0 Å². The molecule has 0 aromatic heterocycles. The van der Waals surface area contributed by atoms with Gasteiger partial charge in [0.2, 0.25) is 5.78 Å². The monoisotopic (exact) mass is 330 g/mol. The predicted molar refractivity (Wildman–Crippen MR) is 76.4 cm³/mol. The number of benzene rings is 2. The summed E-state index contributed by atoms with van der Waals surface area (Å²) in [5.41, 5.74) is -4.30. The molecule has 0 saturated heterocycles. The number of phenols is 2. The molecule has 0 bridgehead atoms. The molecule has 3 rings (SSSR count). The van der Waals surface area contributed by atoms with Crippen molar-refractivity contribution >= 4 is 22.9 Å². The van der Waals surface area contributed by atoms with Crippen molar-refractivity contribution < 1.29 is 29.6 Å². The molecule has 0 heterocycles. The Hall–Kier alpha value is -3.82. The molecule has 10 nitrogen and oxygen atoms in total. The van der Waals surface area contributed by atoms with Crippen LogP contribution in [0, 0.1) is 20.2 Å². The zero-order valence-electron chi connectivity index (χ0n) is 11.5. The summed E-state index contributed by atoms with van der Waals surface area (Å²) in [6.07, 6.45) is 0. The summed E-state index contributed by atoms with van der Waals surface area (Å²) in [5, 5.41) is 41.7. The summed E-state index contributed by atoms with van der Waals surface area (Å²) in [6, 6.07) is 3.87. The highest BCUT2D eigenvalue weighted by molar-refractivity contribution is 6.32. The van der Waals surface area contributed by atoms with Gasteiger partial charge in [-0.2, -0.15) is 0 Å². The lowest BCUT2D eigenvalue weighted by molar-refractivity contribution is -0.386. The van der Waals surface area contributed by atoms with Gasteiger partial charge in [0.25, 0.3) is 5.69 Å². The van der Waals surface area contributed by atoms with Gasteiger partial charge in [-0.15, -0.1) is 0 Å². The van der Waals surface area contributed by atoms with E-state index in [1.54, 1.807) is 0 Å². The largest absolute Gasteiger partial charge is 0.507 e. The second-order valence-electron chi connectivity index (χ2n) is 4.89. The number of hydrogen-bond acceptors (Lipinski definition) is 8. The van der Waals surface area contributed by atoms with E-state index < -0.39 is 61.0 Å². The van der Waals surface area contributed by atoms with E-state index in [9.17, 15) is 40.0 Å². The van der Waals surface area contributed by atoms with Crippen LogP contribution in [0.15, 0.2) is 24.3 Å². The van der Waals surface area contributed by atoms with Gasteiger partial charge in [-0.25, -0.2) is 0 Å². The first-order valence-corrected chi connectivity index (χ1v) is 6.35. The number of carbonyl (C=O) groups is 2. The van der Waals surface area contributed by atoms with Crippen LogP contribution in [0.25, 0.3) is 0 Å². The molecule has 2 aromatic rings. The third kappa shape index (κ3) is 1.83. The number of rotatable bonds is 2. The van der Waals surface area contributed by atoms with Crippen LogP contribution in [0.2, 0.25) is 0 Å². The number of aromatic hydroxyl groups is 2. The predicted octanol–water partition coefficient (Wildman–Crippen LogP) is 1.69. The van der Waals surface area contributed by atoms with Gasteiger partial charge in [-0.3, -0.25) is 29.8 Å². The molecule has 0 fully saturated rings. The number of nitro groups is 2. The van der Waals surface area contributed by atoms with Crippen molar-refractivity contribution in [2.45, 2.75) is 0 Å². The standard InChI is InChI=1S/C14H6N2O8/c17-7-4-8(18)12(16(23)24)11-10(7)13(19)5-2-1-3-6(15(21)22)9(5)14(11)20/h1-4,17-18H. The zero-order valence-corrected chi connectivity index (χ0v) is 11.5. The molecule has 0 atom stereocenters. The Kier molecular flexibility index (Phi) is 3.04. The van der Waals surface area contributed by atoms with E-state index >= 15 is 0 Å². The molecule has 0 amide bonds. The minimum absolute atomic E-state index is 0.350. The third-order valence-corrected chi connectivity index (χ3v) is 3.61. The van der Waals surface area contributed by atoms with E-state index in [0.717, 1.165) is 12.1 Å². The molecule has 0 radical (unpaired) electrons. The number of phenolic OH excluding ortho intramolecular Hbond substituents is 2. The molecule has 0 aliphatic heterocycles. The Labute approximate surface area is 131 Å². The van der Waals surface area contributed by atoms with Crippen LogP contribution in [0.3, 0.4) is 0 Å². The second kappa shape index (κ2) is 4.84. The maximum absolute atomic E-state index is 12.6. The van der Waals surface area contributed by atoms with Gasteiger partial charge in [-0.05, 0) is 6.07 Å². The van der Waals surface area contributed by atoms with Crippen molar-refractivity contribution in [2.24, 2.45) is 0 Å². The highest BCUT2D eigenvalue weighted by Crippen LogP contribution is 2.44. The topological polar surface area (TPSA) is 161 Å². The molecular formula is C14H6N2O8. The summed E-state index contributed by atoms with van der Waals surface area (Å²) >= 11 is 0. The lowest BCUT2D eigenvalue weighted by atomic mass is 9.81. The normalized spacial score (nSPS) is 12.5. The van der Waals surface area contributed by atoms with E-state index in [1.165, 1.54) is 6.07 Å². The highest BCUT2D eigenvalue weighted by atomic mass is 16.6. The quantitative estimate of drug-likeness (QED) is 0.530. The molecule has 120 valence electrons. The minimum Gasteiger partial charge on any atom is -0.507 e. The Bertz CT molecular complexity index is 979. The van der Waals surface area contributed by atoms with Gasteiger partial charge >= 0.3 is 5.69 Å². The molecule has 0 spiro atoms. The van der Waals surface area contributed by atoms with E-state index in [1.807, 2.05) is 0 Å². The fraction of sp³-hybridized carbons (Fsp3) is 0. The van der Waals surface area contributed by atoms with Crippen LogP contribution in [-0.2, 0) is 0 Å². The molecule has 24 heavy (non-hydrogen) atoms. The van der Waals surface area contributed by atoms with Gasteiger partial charge in [0.05, 0.1) is 15.4 Å². The van der Waals surface area contributed by atoms with E-state index in [4.69, 9.17) is 0 Å². The average molecular weight is 330 g/mol. The summed E-state index contributed by atoms with van der Waals surface area (Å²) < 4.78 is 0. The Morgan fingerprint density at radius 3 is 2.08 bits per heavy atom. The molecule has 10 heteroatoms. The van der Waals surface area contributed by atoms with E-state index in [0.29, 0.717) is 6.07 Å². The van der Waals surface area contributed by atoms with Crippen molar-refractivity contribution in [1.29, 1.82) is 0 Å². The zero-order chi connectivity index (χ0) is 17.8.